The molecule has 11 aromatic rings. The average molecular weight is 675 g/mol. The summed E-state index contributed by atoms with van der Waals surface area (Å²) in [6.07, 6.45) is 0. The summed E-state index contributed by atoms with van der Waals surface area (Å²) in [6.45, 7) is 0. The molecule has 53 heavy (non-hydrogen) atoms. The fraction of sp³-hybridized carbons (Fsp3) is 0. The van der Waals surface area contributed by atoms with Crippen molar-refractivity contribution < 1.29 is 4.42 Å². The zero-order valence-corrected chi connectivity index (χ0v) is 28.6. The van der Waals surface area contributed by atoms with Crippen LogP contribution in [0, 0.1) is 0 Å². The van der Waals surface area contributed by atoms with Crippen molar-refractivity contribution in [3.8, 4) is 45.0 Å². The van der Waals surface area contributed by atoms with Crippen molar-refractivity contribution in [1.82, 2.24) is 9.97 Å². The van der Waals surface area contributed by atoms with Gasteiger partial charge in [0.1, 0.15) is 5.52 Å². The number of para-hydroxylation sites is 1. The minimum absolute atomic E-state index is 0.637. The Balaban J connectivity index is 1.17. The van der Waals surface area contributed by atoms with E-state index < -0.39 is 0 Å². The molecule has 246 valence electrons. The van der Waals surface area contributed by atoms with Crippen LogP contribution in [0.1, 0.15) is 0 Å². The third-order valence-electron chi connectivity index (χ3n) is 10.6. The molecule has 0 N–H and O–H groups in total. The number of benzene rings is 9. The lowest BCUT2D eigenvalue weighted by Gasteiger charge is -2.19. The first-order valence-corrected chi connectivity index (χ1v) is 18.0. The predicted octanol–water partition coefficient (Wildman–Crippen LogP) is 13.7. The van der Waals surface area contributed by atoms with Gasteiger partial charge in [-0.15, -0.1) is 0 Å². The molecule has 0 saturated carbocycles. The van der Waals surface area contributed by atoms with Gasteiger partial charge in [0.15, 0.2) is 5.58 Å². The van der Waals surface area contributed by atoms with Crippen molar-refractivity contribution in [3.63, 3.8) is 0 Å². The van der Waals surface area contributed by atoms with Crippen molar-refractivity contribution in [1.29, 1.82) is 0 Å². The van der Waals surface area contributed by atoms with Gasteiger partial charge in [-0.2, -0.15) is 0 Å². The number of nitrogens with zero attached hydrogens (tertiary/aromatic N) is 2. The molecule has 0 fully saturated rings. The van der Waals surface area contributed by atoms with Gasteiger partial charge in [0.2, 0.25) is 5.89 Å². The molecule has 0 atom stereocenters. The van der Waals surface area contributed by atoms with Gasteiger partial charge in [-0.3, -0.25) is 0 Å². The summed E-state index contributed by atoms with van der Waals surface area (Å²) >= 11 is 0. The van der Waals surface area contributed by atoms with E-state index in [0.29, 0.717) is 5.89 Å². The molecule has 2 heterocycles. The molecule has 0 saturated heterocycles. The van der Waals surface area contributed by atoms with Crippen molar-refractivity contribution in [2.75, 3.05) is 0 Å². The Morgan fingerprint density at radius 2 is 0.943 bits per heavy atom. The second-order valence-electron chi connectivity index (χ2n) is 13.7. The highest BCUT2D eigenvalue weighted by atomic mass is 16.3. The van der Waals surface area contributed by atoms with Crippen LogP contribution in [0.15, 0.2) is 186 Å². The van der Waals surface area contributed by atoms with Gasteiger partial charge < -0.3 is 4.42 Å². The zero-order chi connectivity index (χ0) is 34.9. The minimum atomic E-state index is 0.637. The van der Waals surface area contributed by atoms with E-state index in [4.69, 9.17) is 14.4 Å². The monoisotopic (exact) mass is 674 g/mol. The highest BCUT2D eigenvalue weighted by Crippen LogP contribution is 2.46. The van der Waals surface area contributed by atoms with Gasteiger partial charge in [0.05, 0.1) is 11.2 Å². The lowest BCUT2D eigenvalue weighted by Crippen LogP contribution is -1.94. The molecule has 0 radical (unpaired) electrons. The molecule has 0 unspecified atom stereocenters. The highest BCUT2D eigenvalue weighted by molar-refractivity contribution is 6.25. The average Bonchev–Trinajstić information content (AvgIpc) is 3.68. The molecule has 0 bridgehead atoms. The van der Waals surface area contributed by atoms with Gasteiger partial charge in [-0.1, -0.05) is 146 Å². The van der Waals surface area contributed by atoms with E-state index in [2.05, 4.69) is 152 Å². The Morgan fingerprint density at radius 3 is 1.66 bits per heavy atom. The van der Waals surface area contributed by atoms with Crippen LogP contribution >= 0.6 is 0 Å². The van der Waals surface area contributed by atoms with Gasteiger partial charge in [0, 0.05) is 21.9 Å². The lowest BCUT2D eigenvalue weighted by molar-refractivity contribution is 0.623. The quantitative estimate of drug-likeness (QED) is 0.138. The van der Waals surface area contributed by atoms with Crippen LogP contribution in [-0.2, 0) is 0 Å². The minimum Gasteiger partial charge on any atom is -0.435 e. The van der Waals surface area contributed by atoms with E-state index in [1.807, 2.05) is 30.3 Å². The predicted molar refractivity (Wildman–Crippen MR) is 221 cm³/mol. The number of fused-ring (bicyclic) bond motifs is 8. The maximum atomic E-state index is 6.51. The van der Waals surface area contributed by atoms with Crippen molar-refractivity contribution in [2.24, 2.45) is 0 Å². The Morgan fingerprint density at radius 1 is 0.358 bits per heavy atom. The summed E-state index contributed by atoms with van der Waals surface area (Å²) in [4.78, 5) is 10.0. The lowest BCUT2D eigenvalue weighted by atomic mass is 9.84. The van der Waals surface area contributed by atoms with Gasteiger partial charge in [-0.05, 0) is 96.4 Å². The maximum Gasteiger partial charge on any atom is 0.227 e. The zero-order valence-electron chi connectivity index (χ0n) is 28.6. The molecule has 2 aromatic heterocycles. The van der Waals surface area contributed by atoms with Gasteiger partial charge in [-0.25, -0.2) is 9.97 Å². The second kappa shape index (κ2) is 11.7. The highest BCUT2D eigenvalue weighted by Gasteiger charge is 2.20. The number of hydrogen-bond donors (Lipinski definition) is 0. The van der Waals surface area contributed by atoms with Gasteiger partial charge in [0.25, 0.3) is 0 Å². The largest absolute Gasteiger partial charge is 0.435 e. The van der Waals surface area contributed by atoms with E-state index in [0.717, 1.165) is 60.4 Å². The van der Waals surface area contributed by atoms with Crippen LogP contribution in [-0.4, -0.2) is 9.97 Å². The molecular formula is C50H30N2O. The number of aromatic nitrogens is 2. The van der Waals surface area contributed by atoms with Crippen molar-refractivity contribution in [3.05, 3.63) is 182 Å². The summed E-state index contributed by atoms with van der Waals surface area (Å²) in [5, 5.41) is 10.5. The third kappa shape index (κ3) is 4.68. The number of hydrogen-bond acceptors (Lipinski definition) is 3. The van der Waals surface area contributed by atoms with E-state index in [1.165, 1.54) is 43.8 Å². The summed E-state index contributed by atoms with van der Waals surface area (Å²) in [5.41, 5.74) is 10.5. The Labute approximate surface area is 305 Å². The Bertz CT molecular complexity index is 3160. The van der Waals surface area contributed by atoms with Crippen LogP contribution in [0.2, 0.25) is 0 Å². The molecule has 0 amide bonds. The molecule has 0 spiro atoms. The summed E-state index contributed by atoms with van der Waals surface area (Å²) in [5.74, 6) is 0.637. The molecular weight excluding hydrogens is 645 g/mol. The van der Waals surface area contributed by atoms with E-state index in [-0.39, 0.29) is 0 Å². The standard InChI is InChI=1S/C50H30N2O/c1-3-13-31(14-4-1)45-30-42(37-17-11-12-22-43(37)51-45)48-40-20-9-7-18-38(40)46(39-19-8-10-21-41(39)48)35-25-27-36-34(29-35)24-23-32-26-28-44-49(47(32)36)53-50(52-44)33-15-5-2-6-16-33/h1-30H. The number of oxazole rings is 1. The first kappa shape index (κ1) is 29.6. The summed E-state index contributed by atoms with van der Waals surface area (Å²) in [6, 6.07) is 64.6. The fourth-order valence-corrected chi connectivity index (χ4v) is 8.26. The molecule has 0 aliphatic carbocycles. The van der Waals surface area contributed by atoms with Crippen molar-refractivity contribution in [2.45, 2.75) is 0 Å². The van der Waals surface area contributed by atoms with Crippen LogP contribution in [0.25, 0.3) is 110 Å². The van der Waals surface area contributed by atoms with E-state index in [9.17, 15) is 0 Å². The summed E-state index contributed by atoms with van der Waals surface area (Å²) < 4.78 is 6.51. The topological polar surface area (TPSA) is 38.9 Å². The van der Waals surface area contributed by atoms with Crippen LogP contribution in [0.4, 0.5) is 0 Å². The number of rotatable bonds is 4. The molecule has 0 aliphatic heterocycles. The first-order valence-electron chi connectivity index (χ1n) is 18.0. The fourth-order valence-electron chi connectivity index (χ4n) is 8.26. The summed E-state index contributed by atoms with van der Waals surface area (Å²) in [7, 11) is 0. The molecule has 0 aliphatic rings. The van der Waals surface area contributed by atoms with Crippen molar-refractivity contribution >= 4 is 65.1 Å². The van der Waals surface area contributed by atoms with Gasteiger partial charge >= 0.3 is 0 Å². The van der Waals surface area contributed by atoms with E-state index in [1.54, 1.807) is 0 Å². The third-order valence-corrected chi connectivity index (χ3v) is 10.6. The molecule has 11 rings (SSSR count). The van der Waals surface area contributed by atoms with Crippen LogP contribution in [0.3, 0.4) is 0 Å². The Kier molecular flexibility index (Phi) is 6.55. The van der Waals surface area contributed by atoms with E-state index >= 15 is 0 Å². The molecule has 3 heteroatoms. The van der Waals surface area contributed by atoms with Crippen LogP contribution in [0.5, 0.6) is 0 Å². The SMILES string of the molecule is c1ccc(-c2cc(-c3c4ccccc4c(-c4ccc5c(ccc6ccc7nc(-c8ccccc8)oc7c65)c4)c4ccccc34)c3ccccc3n2)cc1. The Hall–Kier alpha value is -7.10. The van der Waals surface area contributed by atoms with Crippen LogP contribution < -0.4 is 0 Å². The maximum absolute atomic E-state index is 6.51. The molecule has 3 nitrogen and oxygen atoms in total. The number of pyridine rings is 1. The smallest absolute Gasteiger partial charge is 0.227 e. The second-order valence-corrected chi connectivity index (χ2v) is 13.7. The normalized spacial score (nSPS) is 11.8. The first-order chi connectivity index (χ1) is 26.3. The molecule has 9 aromatic carbocycles.